The van der Waals surface area contributed by atoms with Gasteiger partial charge in [0.05, 0.1) is 33.2 Å². The molecule has 1 atom stereocenters. The molecule has 0 bridgehead atoms. The number of oxazole rings is 1. The number of hydrogen-bond donors (Lipinski definition) is 3. The predicted molar refractivity (Wildman–Crippen MR) is 270 cm³/mol. The molecule has 15 nitrogen and oxygen atoms in total. The monoisotopic (exact) mass is 992 g/mol. The second kappa shape index (κ2) is 19.3. The van der Waals surface area contributed by atoms with E-state index >= 15 is 0 Å². The van der Waals surface area contributed by atoms with Gasteiger partial charge in [-0.2, -0.15) is 5.26 Å². The van der Waals surface area contributed by atoms with Crippen molar-refractivity contribution in [3.05, 3.63) is 119 Å². The van der Waals surface area contributed by atoms with Crippen LogP contribution in [0.25, 0.3) is 33.5 Å². The second-order valence-electron chi connectivity index (χ2n) is 19.2. The van der Waals surface area contributed by atoms with E-state index in [0.717, 1.165) is 24.7 Å². The Morgan fingerprint density at radius 2 is 1.58 bits per heavy atom. The number of benzene rings is 5. The fourth-order valence-electron chi connectivity index (χ4n) is 8.07. The summed E-state index contributed by atoms with van der Waals surface area (Å²) in [5, 5.41) is 13.4. The SMILES string of the molecule is Cc1cc(N(C(=O)OC(C(=O)Nc2cc(NS(=O)(=O)c3ccc(NS(C)(=O)=O)c4ccccc34)ccc2Cl)C(=O)C(C)(C)C)C2CCCC2)ccc1C=C(C#N)c1nc2cc(C(C)(C)C)ccc2o1. The second-order valence-corrected chi connectivity index (χ2v) is 23.0. The summed E-state index contributed by atoms with van der Waals surface area (Å²) < 4.78 is 68.6. The number of nitriles is 1. The third-order valence-corrected chi connectivity index (χ3v) is 14.1. The summed E-state index contributed by atoms with van der Waals surface area (Å²) in [6.07, 6.45) is 2.73. The number of carbonyl (C=O) groups is 3. The van der Waals surface area contributed by atoms with Crippen LogP contribution in [0.5, 0.6) is 0 Å². The molecule has 1 heterocycles. The van der Waals surface area contributed by atoms with E-state index in [4.69, 9.17) is 20.8 Å². The standard InChI is InChI=1S/C51H53ClN6O9S2/c1-30-25-36(20-17-31(30)26-32(29-53)48-55-42-27-33(50(2,3)4)18-23-43(42)66-48)58(35-13-9-10-14-35)49(61)67-45(46(59)51(5,6)7)47(60)54-41-28-34(19-21-39(41)52)56-69(64,65)44-24-22-40(57-68(8,62)63)37-15-11-12-16-38(37)44/h11-12,15-28,35,45,56-57H,9-10,13-14H2,1-8H3,(H,54,60). The van der Waals surface area contributed by atoms with Crippen molar-refractivity contribution in [1.82, 2.24) is 4.98 Å². The number of Topliss-reactive ketones (excluding diaryl/α,β-unsaturated/α-hetero) is 1. The number of ether oxygens (including phenoxy) is 1. The molecule has 0 aliphatic heterocycles. The molecule has 1 unspecified atom stereocenters. The number of amides is 2. The van der Waals surface area contributed by atoms with Crippen LogP contribution in [-0.2, 0) is 39.8 Å². The van der Waals surface area contributed by atoms with E-state index in [0.29, 0.717) is 46.1 Å². The summed E-state index contributed by atoms with van der Waals surface area (Å²) in [5.74, 6) is -1.56. The Labute approximate surface area is 407 Å². The van der Waals surface area contributed by atoms with Gasteiger partial charge in [0.25, 0.3) is 15.9 Å². The Bertz CT molecular complexity index is 3320. The molecule has 1 aliphatic carbocycles. The Kier molecular flexibility index (Phi) is 14.1. The first-order valence-electron chi connectivity index (χ1n) is 22.1. The largest absolute Gasteiger partial charge is 0.435 e. The van der Waals surface area contributed by atoms with Gasteiger partial charge in [-0.25, -0.2) is 26.6 Å². The number of fused-ring (bicyclic) bond motifs is 2. The third kappa shape index (κ3) is 11.4. The summed E-state index contributed by atoms with van der Waals surface area (Å²) in [7, 11) is -8.02. The van der Waals surface area contributed by atoms with Crippen molar-refractivity contribution >= 4 is 106 Å². The Balaban J connectivity index is 1.14. The number of sulfonamides is 2. The maximum atomic E-state index is 14.5. The number of halogens is 1. The van der Waals surface area contributed by atoms with Crippen LogP contribution in [0.3, 0.4) is 0 Å². The average molecular weight is 994 g/mol. The fourth-order valence-corrected chi connectivity index (χ4v) is 10.1. The summed E-state index contributed by atoms with van der Waals surface area (Å²) in [6, 6.07) is 25.9. The molecule has 5 aromatic carbocycles. The number of anilines is 4. The van der Waals surface area contributed by atoms with Crippen molar-refractivity contribution in [3.8, 4) is 6.07 Å². The molecule has 1 saturated carbocycles. The normalized spacial score (nSPS) is 14.3. The van der Waals surface area contributed by atoms with Crippen LogP contribution in [0.4, 0.5) is 27.5 Å². The molecule has 0 saturated heterocycles. The van der Waals surface area contributed by atoms with E-state index in [9.17, 15) is 36.5 Å². The summed E-state index contributed by atoms with van der Waals surface area (Å²) in [5.41, 5.74) is 3.11. The topological polar surface area (TPSA) is 218 Å². The minimum Gasteiger partial charge on any atom is -0.435 e. The highest BCUT2D eigenvalue weighted by Gasteiger charge is 2.41. The minimum atomic E-state index is -4.34. The number of nitrogens with zero attached hydrogens (tertiary/aromatic N) is 3. The van der Waals surface area contributed by atoms with E-state index in [1.54, 1.807) is 63.2 Å². The van der Waals surface area contributed by atoms with Gasteiger partial charge in [0.2, 0.25) is 22.0 Å². The number of hydrogen-bond acceptors (Lipinski definition) is 11. The molecule has 18 heteroatoms. The number of rotatable bonds is 13. The third-order valence-electron chi connectivity index (χ3n) is 11.7. The lowest BCUT2D eigenvalue weighted by atomic mass is 9.87. The molecule has 360 valence electrons. The number of carbonyl (C=O) groups excluding carboxylic acids is 3. The molecule has 1 fully saturated rings. The van der Waals surface area contributed by atoms with E-state index in [-0.39, 0.29) is 55.3 Å². The maximum Gasteiger partial charge on any atom is 0.415 e. The van der Waals surface area contributed by atoms with Crippen molar-refractivity contribution < 1.29 is 40.4 Å². The molecule has 69 heavy (non-hydrogen) atoms. The summed E-state index contributed by atoms with van der Waals surface area (Å²) in [6.45, 7) is 12.9. The van der Waals surface area contributed by atoms with Gasteiger partial charge in [-0.3, -0.25) is 23.9 Å². The first kappa shape index (κ1) is 50.1. The van der Waals surface area contributed by atoms with Gasteiger partial charge in [0.1, 0.15) is 17.2 Å². The zero-order valence-electron chi connectivity index (χ0n) is 39.4. The van der Waals surface area contributed by atoms with Gasteiger partial charge < -0.3 is 14.5 Å². The summed E-state index contributed by atoms with van der Waals surface area (Å²) >= 11 is 6.54. The van der Waals surface area contributed by atoms with Gasteiger partial charge in [-0.05, 0) is 103 Å². The lowest BCUT2D eigenvalue weighted by molar-refractivity contribution is -0.142. The van der Waals surface area contributed by atoms with E-state index in [1.807, 2.05) is 25.1 Å². The smallest absolute Gasteiger partial charge is 0.415 e. The van der Waals surface area contributed by atoms with Crippen LogP contribution < -0.4 is 19.7 Å². The lowest BCUT2D eigenvalue weighted by Crippen LogP contribution is -2.48. The van der Waals surface area contributed by atoms with Crippen LogP contribution in [0.2, 0.25) is 5.02 Å². The van der Waals surface area contributed by atoms with Crippen molar-refractivity contribution in [2.75, 3.05) is 25.9 Å². The van der Waals surface area contributed by atoms with Crippen LogP contribution in [-0.4, -0.2) is 58.0 Å². The highest BCUT2D eigenvalue weighted by atomic mass is 35.5. The molecular formula is C51H53ClN6O9S2. The first-order valence-corrected chi connectivity index (χ1v) is 25.9. The van der Waals surface area contributed by atoms with Gasteiger partial charge >= 0.3 is 6.09 Å². The molecular weight excluding hydrogens is 940 g/mol. The number of aryl methyl sites for hydroxylation is 1. The molecule has 1 aromatic heterocycles. The zero-order chi connectivity index (χ0) is 50.2. The highest BCUT2D eigenvalue weighted by molar-refractivity contribution is 7.93. The Morgan fingerprint density at radius 1 is 0.884 bits per heavy atom. The quantitative estimate of drug-likeness (QED) is 0.0730. The van der Waals surface area contributed by atoms with E-state index in [2.05, 4.69) is 46.6 Å². The molecule has 2 amide bonds. The average Bonchev–Trinajstić information content (AvgIpc) is 3.96. The predicted octanol–water partition coefficient (Wildman–Crippen LogP) is 11.0. The van der Waals surface area contributed by atoms with Crippen LogP contribution in [0.1, 0.15) is 89.8 Å². The van der Waals surface area contributed by atoms with Crippen molar-refractivity contribution in [2.45, 2.75) is 96.6 Å². The molecule has 0 radical (unpaired) electrons. The van der Waals surface area contributed by atoms with Crippen molar-refractivity contribution in [1.29, 1.82) is 5.26 Å². The molecule has 1 aliphatic rings. The number of ketones is 1. The van der Waals surface area contributed by atoms with Crippen molar-refractivity contribution in [2.24, 2.45) is 5.41 Å². The Hall–Kier alpha value is -6.74. The van der Waals surface area contributed by atoms with Crippen LogP contribution >= 0.6 is 11.6 Å². The van der Waals surface area contributed by atoms with Gasteiger partial charge in [-0.1, -0.05) is 102 Å². The van der Waals surface area contributed by atoms with Gasteiger partial charge in [-0.15, -0.1) is 0 Å². The van der Waals surface area contributed by atoms with Crippen molar-refractivity contribution in [3.63, 3.8) is 0 Å². The van der Waals surface area contributed by atoms with E-state index in [1.165, 1.54) is 41.3 Å². The molecule has 7 rings (SSSR count). The minimum absolute atomic E-state index is 0.0104. The zero-order valence-corrected chi connectivity index (χ0v) is 41.8. The Morgan fingerprint density at radius 3 is 2.22 bits per heavy atom. The first-order chi connectivity index (χ1) is 32.3. The number of allylic oxidation sites excluding steroid dienone is 1. The van der Waals surface area contributed by atoms with Gasteiger partial charge in [0.15, 0.2) is 11.4 Å². The molecule has 3 N–H and O–H groups in total. The van der Waals surface area contributed by atoms with Gasteiger partial charge in [0, 0.05) is 27.9 Å². The highest BCUT2D eigenvalue weighted by Crippen LogP contribution is 2.36. The number of aromatic nitrogens is 1. The molecule has 0 spiro atoms. The summed E-state index contributed by atoms with van der Waals surface area (Å²) in [4.78, 5) is 48.6. The van der Waals surface area contributed by atoms with Crippen LogP contribution in [0, 0.1) is 23.7 Å². The molecule has 6 aromatic rings. The lowest BCUT2D eigenvalue weighted by Gasteiger charge is -2.31. The van der Waals surface area contributed by atoms with Crippen LogP contribution in [0.15, 0.2) is 100 Å². The fraction of sp³-hybridized carbons (Fsp3) is 0.314. The maximum absolute atomic E-state index is 14.5. The van der Waals surface area contributed by atoms with E-state index < -0.39 is 49.3 Å². The number of nitrogens with one attached hydrogen (secondary N) is 3.